The highest BCUT2D eigenvalue weighted by atomic mass is 32.1. The minimum atomic E-state index is -0.497. The summed E-state index contributed by atoms with van der Waals surface area (Å²) >= 11 is 1.53. The van der Waals surface area contributed by atoms with Crippen LogP contribution >= 0.6 is 11.3 Å². The maximum absolute atomic E-state index is 14.0. The van der Waals surface area contributed by atoms with Crippen LogP contribution < -0.4 is 10.5 Å². The molecule has 0 fully saturated rings. The fourth-order valence-electron chi connectivity index (χ4n) is 2.43. The zero-order chi connectivity index (χ0) is 16.7. The van der Waals surface area contributed by atoms with E-state index in [1.807, 2.05) is 17.7 Å². The van der Waals surface area contributed by atoms with Gasteiger partial charge < -0.3 is 15.0 Å². The third-order valence-corrected chi connectivity index (χ3v) is 4.78. The van der Waals surface area contributed by atoms with Crippen molar-refractivity contribution in [3.63, 3.8) is 0 Å². The summed E-state index contributed by atoms with van der Waals surface area (Å²) in [7, 11) is 1.93. The maximum atomic E-state index is 14.0. The number of fused-ring (bicyclic) bond motifs is 1. The summed E-state index contributed by atoms with van der Waals surface area (Å²) in [6, 6.07) is 8.06. The number of hydrogen-bond acceptors (Lipinski definition) is 5. The van der Waals surface area contributed by atoms with E-state index in [0.717, 1.165) is 20.8 Å². The Bertz CT molecular complexity index is 1040. The van der Waals surface area contributed by atoms with Gasteiger partial charge in [0.05, 0.1) is 33.3 Å². The Morgan fingerprint density at radius 2 is 2.08 bits per heavy atom. The van der Waals surface area contributed by atoms with E-state index in [0.29, 0.717) is 11.4 Å². The molecule has 3 aromatic heterocycles. The number of nitrogens with two attached hydrogens (primary N) is 1. The van der Waals surface area contributed by atoms with E-state index in [1.165, 1.54) is 23.5 Å². The van der Waals surface area contributed by atoms with Crippen LogP contribution in [0.4, 0.5) is 10.1 Å². The molecule has 24 heavy (non-hydrogen) atoms. The monoisotopic (exact) mass is 340 g/mol. The van der Waals surface area contributed by atoms with E-state index in [9.17, 15) is 4.39 Å². The van der Waals surface area contributed by atoms with E-state index in [1.54, 1.807) is 30.9 Å². The van der Waals surface area contributed by atoms with E-state index in [2.05, 4.69) is 9.97 Å². The number of pyridine rings is 1. The molecule has 120 valence electrons. The highest BCUT2D eigenvalue weighted by molar-refractivity contribution is 7.22. The van der Waals surface area contributed by atoms with Crippen LogP contribution in [0.2, 0.25) is 0 Å². The van der Waals surface area contributed by atoms with Crippen molar-refractivity contribution < 1.29 is 9.13 Å². The van der Waals surface area contributed by atoms with E-state index < -0.39 is 5.82 Å². The Morgan fingerprint density at radius 3 is 2.83 bits per heavy atom. The Balaban J connectivity index is 1.79. The second kappa shape index (κ2) is 5.61. The number of ether oxygens (including phenoxy) is 1. The van der Waals surface area contributed by atoms with Crippen LogP contribution in [0.3, 0.4) is 0 Å². The number of nitrogens with zero attached hydrogens (tertiary/aromatic N) is 3. The maximum Gasteiger partial charge on any atom is 0.167 e. The first-order valence-corrected chi connectivity index (χ1v) is 8.01. The largest absolute Gasteiger partial charge is 0.453 e. The third-order valence-electron chi connectivity index (χ3n) is 3.62. The summed E-state index contributed by atoms with van der Waals surface area (Å²) < 4.78 is 22.5. The molecule has 3 heterocycles. The molecule has 7 heteroatoms. The first-order valence-electron chi connectivity index (χ1n) is 7.20. The van der Waals surface area contributed by atoms with Crippen LogP contribution in [-0.2, 0) is 7.05 Å². The molecule has 4 rings (SSSR count). The van der Waals surface area contributed by atoms with Crippen LogP contribution in [0.25, 0.3) is 20.8 Å². The number of aromatic nitrogens is 3. The minimum absolute atomic E-state index is 0.132. The topological polar surface area (TPSA) is 66.0 Å². The van der Waals surface area contributed by atoms with Gasteiger partial charge in [0.25, 0.3) is 0 Å². The van der Waals surface area contributed by atoms with Crippen LogP contribution in [-0.4, -0.2) is 14.5 Å². The van der Waals surface area contributed by atoms with Crippen molar-refractivity contribution in [2.45, 2.75) is 0 Å². The molecule has 0 saturated heterocycles. The van der Waals surface area contributed by atoms with Crippen molar-refractivity contribution >= 4 is 27.2 Å². The number of nitrogen functional groups attached to an aromatic ring is 1. The van der Waals surface area contributed by atoms with Crippen molar-refractivity contribution in [2.24, 2.45) is 7.05 Å². The van der Waals surface area contributed by atoms with Gasteiger partial charge in [-0.2, -0.15) is 0 Å². The normalized spacial score (nSPS) is 11.1. The van der Waals surface area contributed by atoms with Crippen LogP contribution in [0.1, 0.15) is 0 Å². The molecule has 0 aliphatic carbocycles. The molecular formula is C17H13FN4OS. The van der Waals surface area contributed by atoms with Crippen LogP contribution in [0.15, 0.2) is 49.1 Å². The number of rotatable bonds is 3. The first kappa shape index (κ1) is 14.6. The highest BCUT2D eigenvalue weighted by Crippen LogP contribution is 2.39. The van der Waals surface area contributed by atoms with Gasteiger partial charge in [0.15, 0.2) is 11.6 Å². The van der Waals surface area contributed by atoms with Crippen molar-refractivity contribution in [1.82, 2.24) is 14.5 Å². The molecule has 1 aromatic carbocycles. The van der Waals surface area contributed by atoms with Gasteiger partial charge in [-0.3, -0.25) is 4.98 Å². The Kier molecular flexibility index (Phi) is 3.42. The quantitative estimate of drug-likeness (QED) is 0.567. The molecule has 5 nitrogen and oxygen atoms in total. The van der Waals surface area contributed by atoms with E-state index in [-0.39, 0.29) is 5.75 Å². The average Bonchev–Trinajstić information content (AvgIpc) is 3.16. The lowest BCUT2D eigenvalue weighted by Gasteiger charge is -2.07. The van der Waals surface area contributed by atoms with Crippen LogP contribution in [0, 0.1) is 5.82 Å². The molecule has 0 amide bonds. The molecule has 0 bridgehead atoms. The number of thiophene rings is 1. The summed E-state index contributed by atoms with van der Waals surface area (Å²) in [4.78, 5) is 9.52. The molecule has 0 atom stereocenters. The van der Waals surface area contributed by atoms with Crippen LogP contribution in [0.5, 0.6) is 11.5 Å². The zero-order valence-electron chi connectivity index (χ0n) is 12.7. The number of benzene rings is 1. The van der Waals surface area contributed by atoms with Gasteiger partial charge in [0.1, 0.15) is 5.75 Å². The van der Waals surface area contributed by atoms with Gasteiger partial charge >= 0.3 is 0 Å². The molecule has 0 radical (unpaired) electrons. The minimum Gasteiger partial charge on any atom is -0.453 e. The van der Waals surface area contributed by atoms with Crippen molar-refractivity contribution in [2.75, 3.05) is 5.73 Å². The summed E-state index contributed by atoms with van der Waals surface area (Å²) in [6.45, 7) is 0. The summed E-state index contributed by atoms with van der Waals surface area (Å²) in [5, 5.41) is 0. The Hall–Kier alpha value is -2.93. The lowest BCUT2D eigenvalue weighted by atomic mass is 10.3. The lowest BCUT2D eigenvalue weighted by molar-refractivity contribution is 0.447. The van der Waals surface area contributed by atoms with Gasteiger partial charge in [0, 0.05) is 31.1 Å². The molecule has 4 aromatic rings. The number of hydrogen-bond donors (Lipinski definition) is 1. The number of aryl methyl sites for hydroxylation is 1. The first-order chi connectivity index (χ1) is 11.6. The second-order valence-corrected chi connectivity index (χ2v) is 6.37. The van der Waals surface area contributed by atoms with Gasteiger partial charge in [-0.15, -0.1) is 11.3 Å². The molecule has 0 unspecified atom stereocenters. The standard InChI is InChI=1S/C17H13FN4OS/c1-22-9-20-8-13(22)16-7-12-17(24-16)15(4-5-21-12)23-14-3-2-10(19)6-11(14)18/h2-9H,19H2,1H3. The molecular weight excluding hydrogens is 327 g/mol. The Morgan fingerprint density at radius 1 is 1.21 bits per heavy atom. The van der Waals surface area contributed by atoms with Gasteiger partial charge in [0.2, 0.25) is 0 Å². The summed E-state index contributed by atoms with van der Waals surface area (Å²) in [6.07, 6.45) is 5.19. The molecule has 0 spiro atoms. The van der Waals surface area contributed by atoms with Crippen molar-refractivity contribution in [1.29, 1.82) is 0 Å². The van der Waals surface area contributed by atoms with Crippen molar-refractivity contribution in [3.8, 4) is 22.1 Å². The van der Waals surface area contributed by atoms with E-state index >= 15 is 0 Å². The number of halogens is 1. The van der Waals surface area contributed by atoms with E-state index in [4.69, 9.17) is 10.5 Å². The summed E-state index contributed by atoms with van der Waals surface area (Å²) in [5.41, 5.74) is 7.71. The Labute approximate surface area is 141 Å². The fourth-order valence-corrected chi connectivity index (χ4v) is 3.55. The third kappa shape index (κ3) is 2.48. The average molecular weight is 340 g/mol. The van der Waals surface area contributed by atoms with Gasteiger partial charge in [-0.1, -0.05) is 0 Å². The molecule has 0 saturated carbocycles. The second-order valence-electron chi connectivity index (χ2n) is 5.32. The smallest absolute Gasteiger partial charge is 0.167 e. The molecule has 2 N–H and O–H groups in total. The highest BCUT2D eigenvalue weighted by Gasteiger charge is 2.14. The number of imidazole rings is 1. The zero-order valence-corrected chi connectivity index (χ0v) is 13.5. The van der Waals surface area contributed by atoms with Crippen molar-refractivity contribution in [3.05, 3.63) is 54.9 Å². The molecule has 0 aliphatic heterocycles. The number of anilines is 1. The van der Waals surface area contributed by atoms with Gasteiger partial charge in [-0.25, -0.2) is 9.37 Å². The predicted molar refractivity (Wildman–Crippen MR) is 92.7 cm³/mol. The lowest BCUT2D eigenvalue weighted by Crippen LogP contribution is -1.91. The predicted octanol–water partition coefficient (Wildman–Crippen LogP) is 4.21. The summed E-state index contributed by atoms with van der Waals surface area (Å²) in [5.74, 6) is 0.192. The van der Waals surface area contributed by atoms with Gasteiger partial charge in [-0.05, 0) is 18.2 Å². The molecule has 0 aliphatic rings. The fraction of sp³-hybridized carbons (Fsp3) is 0.0588. The SMILES string of the molecule is Cn1cncc1-c1cc2nccc(Oc3ccc(N)cc3F)c2s1.